The van der Waals surface area contributed by atoms with E-state index in [4.69, 9.17) is 10.5 Å². The van der Waals surface area contributed by atoms with Gasteiger partial charge >= 0.3 is 5.69 Å². The van der Waals surface area contributed by atoms with Gasteiger partial charge in [0, 0.05) is 32.6 Å². The zero-order chi connectivity index (χ0) is 24.8. The number of nitrogens with two attached hydrogens (primary N) is 1. The topological polar surface area (TPSA) is 139 Å². The normalized spacial score (nSPS) is 15.7. The summed E-state index contributed by atoms with van der Waals surface area (Å²) >= 11 is 0. The summed E-state index contributed by atoms with van der Waals surface area (Å²) in [5, 5.41) is 0. The number of ether oxygens (including phenoxy) is 1. The zero-order valence-corrected chi connectivity index (χ0v) is 19.6. The Morgan fingerprint density at radius 2 is 2.06 bits per heavy atom. The number of aromatic amines is 1. The number of methoxy groups -OCH3 is 1. The molecule has 3 N–H and O–H groups in total. The SMILES string of the molecule is COCCn1c(N)c(N(Cc2ccccc2)C(=O)[C@H]2CCCN(c3cnccn3)C2)c(=O)[nH]c1=O. The molecular formula is C24H29N7O4. The van der Waals surface area contributed by atoms with Crippen molar-refractivity contribution in [2.45, 2.75) is 25.9 Å². The number of aromatic nitrogens is 4. The van der Waals surface area contributed by atoms with Crippen molar-refractivity contribution in [1.82, 2.24) is 19.5 Å². The molecule has 2 aromatic heterocycles. The third-order valence-corrected chi connectivity index (χ3v) is 6.10. The van der Waals surface area contributed by atoms with E-state index < -0.39 is 17.2 Å². The van der Waals surface area contributed by atoms with Crippen molar-refractivity contribution >= 4 is 23.2 Å². The van der Waals surface area contributed by atoms with E-state index in [-0.39, 0.29) is 37.1 Å². The van der Waals surface area contributed by atoms with Crippen LogP contribution >= 0.6 is 0 Å². The number of nitrogens with zero attached hydrogens (tertiary/aromatic N) is 5. The summed E-state index contributed by atoms with van der Waals surface area (Å²) in [6.45, 7) is 1.69. The third kappa shape index (κ3) is 5.40. The Bertz CT molecular complexity index is 1260. The van der Waals surface area contributed by atoms with Crippen LogP contribution in [0.3, 0.4) is 0 Å². The van der Waals surface area contributed by atoms with E-state index >= 15 is 0 Å². The van der Waals surface area contributed by atoms with Crippen molar-refractivity contribution in [2.75, 3.05) is 42.3 Å². The molecule has 0 unspecified atom stereocenters. The molecule has 4 rings (SSSR count). The molecule has 1 aromatic carbocycles. The summed E-state index contributed by atoms with van der Waals surface area (Å²) in [7, 11) is 1.50. The number of carbonyl (C=O) groups is 1. The quantitative estimate of drug-likeness (QED) is 0.488. The number of H-pyrrole nitrogens is 1. The maximum atomic E-state index is 13.9. The highest BCUT2D eigenvalue weighted by atomic mass is 16.5. The molecule has 3 aromatic rings. The lowest BCUT2D eigenvalue weighted by Crippen LogP contribution is -2.47. The van der Waals surface area contributed by atoms with Crippen LogP contribution in [0.2, 0.25) is 0 Å². The molecule has 184 valence electrons. The minimum absolute atomic E-state index is 0.0359. The highest BCUT2D eigenvalue weighted by Crippen LogP contribution is 2.27. The summed E-state index contributed by atoms with van der Waals surface area (Å²) in [5.74, 6) is -0.00374. The number of anilines is 3. The fraction of sp³-hybridized carbons (Fsp3) is 0.375. The van der Waals surface area contributed by atoms with Gasteiger partial charge in [0.2, 0.25) is 5.91 Å². The summed E-state index contributed by atoms with van der Waals surface area (Å²) in [6, 6.07) is 9.35. The molecule has 1 aliphatic rings. The van der Waals surface area contributed by atoms with Crippen LogP contribution in [0.1, 0.15) is 18.4 Å². The number of hydrogen-bond acceptors (Lipinski definition) is 8. The van der Waals surface area contributed by atoms with Gasteiger partial charge in [0.25, 0.3) is 5.56 Å². The lowest BCUT2D eigenvalue weighted by atomic mass is 9.96. The minimum Gasteiger partial charge on any atom is -0.383 e. The molecular weight excluding hydrogens is 450 g/mol. The van der Waals surface area contributed by atoms with Crippen LogP contribution in [-0.4, -0.2) is 52.2 Å². The van der Waals surface area contributed by atoms with Crippen molar-refractivity contribution in [3.05, 3.63) is 75.3 Å². The van der Waals surface area contributed by atoms with Crippen LogP contribution in [-0.2, 0) is 22.6 Å². The lowest BCUT2D eigenvalue weighted by Gasteiger charge is -2.35. The van der Waals surface area contributed by atoms with Gasteiger partial charge in [-0.2, -0.15) is 0 Å². The molecule has 1 amide bonds. The molecule has 35 heavy (non-hydrogen) atoms. The zero-order valence-electron chi connectivity index (χ0n) is 19.6. The number of rotatable bonds is 8. The Kier molecular flexibility index (Phi) is 7.56. The molecule has 11 nitrogen and oxygen atoms in total. The first kappa shape index (κ1) is 24.1. The molecule has 0 spiro atoms. The van der Waals surface area contributed by atoms with Crippen molar-refractivity contribution in [1.29, 1.82) is 0 Å². The van der Waals surface area contributed by atoms with Crippen molar-refractivity contribution in [3.63, 3.8) is 0 Å². The predicted octanol–water partition coefficient (Wildman–Crippen LogP) is 1.01. The third-order valence-electron chi connectivity index (χ3n) is 6.10. The Labute approximate surface area is 202 Å². The number of nitrogen functional groups attached to an aromatic ring is 1. The van der Waals surface area contributed by atoms with E-state index in [0.29, 0.717) is 18.8 Å². The highest BCUT2D eigenvalue weighted by molar-refractivity contribution is 5.97. The standard InChI is InChI=1S/C24H29N7O4/c1-35-13-12-30-21(25)20(22(32)28-24(30)34)31(15-17-6-3-2-4-7-17)23(33)18-8-5-11-29(16-18)19-14-26-9-10-27-19/h2-4,6-7,9-10,14,18H,5,8,11-13,15-16,25H2,1H3,(H,28,32,34)/t18-/m0/s1. The Morgan fingerprint density at radius 1 is 1.26 bits per heavy atom. The smallest absolute Gasteiger partial charge is 0.330 e. The monoisotopic (exact) mass is 479 g/mol. The number of carbonyl (C=O) groups excluding carboxylic acids is 1. The van der Waals surface area contributed by atoms with Crippen molar-refractivity contribution in [2.24, 2.45) is 5.92 Å². The van der Waals surface area contributed by atoms with E-state index in [2.05, 4.69) is 15.0 Å². The van der Waals surface area contributed by atoms with Crippen LogP contribution < -0.4 is 26.8 Å². The molecule has 1 saturated heterocycles. The van der Waals surface area contributed by atoms with Gasteiger partial charge in [-0.05, 0) is 18.4 Å². The molecule has 1 atom stereocenters. The van der Waals surface area contributed by atoms with Crippen LogP contribution in [0.5, 0.6) is 0 Å². The van der Waals surface area contributed by atoms with E-state index in [1.54, 1.807) is 18.6 Å². The maximum absolute atomic E-state index is 13.9. The summed E-state index contributed by atoms with van der Waals surface area (Å²) in [4.78, 5) is 53.6. The molecule has 0 aliphatic carbocycles. The summed E-state index contributed by atoms with van der Waals surface area (Å²) in [5.41, 5.74) is 5.78. The molecule has 0 bridgehead atoms. The molecule has 1 fully saturated rings. The average molecular weight is 480 g/mol. The number of amides is 1. The largest absolute Gasteiger partial charge is 0.383 e. The van der Waals surface area contributed by atoms with E-state index in [9.17, 15) is 14.4 Å². The van der Waals surface area contributed by atoms with E-state index in [0.717, 1.165) is 18.5 Å². The second-order valence-electron chi connectivity index (χ2n) is 8.40. The van der Waals surface area contributed by atoms with Crippen molar-refractivity contribution in [3.8, 4) is 0 Å². The van der Waals surface area contributed by atoms with Gasteiger partial charge < -0.3 is 15.4 Å². The van der Waals surface area contributed by atoms with Crippen molar-refractivity contribution < 1.29 is 9.53 Å². The van der Waals surface area contributed by atoms with Gasteiger partial charge in [0.05, 0.1) is 31.8 Å². The Morgan fingerprint density at radius 3 is 2.77 bits per heavy atom. The summed E-state index contributed by atoms with van der Waals surface area (Å²) in [6.07, 6.45) is 6.33. The Hall–Kier alpha value is -3.99. The number of piperidine rings is 1. The molecule has 0 saturated carbocycles. The first-order valence-corrected chi connectivity index (χ1v) is 11.5. The molecule has 3 heterocycles. The van der Waals surface area contributed by atoms with Gasteiger partial charge in [-0.25, -0.2) is 9.78 Å². The number of hydrogen-bond donors (Lipinski definition) is 2. The number of nitrogens with one attached hydrogen (secondary N) is 1. The van der Waals surface area contributed by atoms with Gasteiger partial charge in [-0.3, -0.25) is 29.0 Å². The fourth-order valence-electron chi connectivity index (χ4n) is 4.34. The van der Waals surface area contributed by atoms with Gasteiger partial charge in [-0.15, -0.1) is 0 Å². The van der Waals surface area contributed by atoms with Crippen LogP contribution in [0.15, 0.2) is 58.5 Å². The fourth-order valence-corrected chi connectivity index (χ4v) is 4.34. The van der Waals surface area contributed by atoms with Crippen LogP contribution in [0.25, 0.3) is 0 Å². The summed E-state index contributed by atoms with van der Waals surface area (Å²) < 4.78 is 6.29. The second kappa shape index (κ2) is 11.0. The van der Waals surface area contributed by atoms with E-state index in [1.807, 2.05) is 35.2 Å². The van der Waals surface area contributed by atoms with Gasteiger partial charge in [0.1, 0.15) is 11.6 Å². The van der Waals surface area contributed by atoms with E-state index in [1.165, 1.54) is 16.6 Å². The average Bonchev–Trinajstić information content (AvgIpc) is 2.88. The first-order chi connectivity index (χ1) is 17.0. The predicted molar refractivity (Wildman–Crippen MR) is 132 cm³/mol. The second-order valence-corrected chi connectivity index (χ2v) is 8.40. The van der Waals surface area contributed by atoms with Crippen LogP contribution in [0, 0.1) is 5.92 Å². The minimum atomic E-state index is -0.702. The van der Waals surface area contributed by atoms with Gasteiger partial charge in [0.15, 0.2) is 5.69 Å². The Balaban J connectivity index is 1.72. The van der Waals surface area contributed by atoms with Gasteiger partial charge in [-0.1, -0.05) is 30.3 Å². The lowest BCUT2D eigenvalue weighted by molar-refractivity contribution is -0.122. The highest BCUT2D eigenvalue weighted by Gasteiger charge is 2.33. The first-order valence-electron chi connectivity index (χ1n) is 11.5. The number of benzene rings is 1. The molecule has 11 heteroatoms. The van der Waals surface area contributed by atoms with Crippen LogP contribution in [0.4, 0.5) is 17.3 Å². The molecule has 1 aliphatic heterocycles. The molecule has 0 radical (unpaired) electrons. The maximum Gasteiger partial charge on any atom is 0.330 e.